The molecular weight excluding hydrogens is 1090 g/mol. The van der Waals surface area contributed by atoms with E-state index in [-0.39, 0.29) is 20.1 Å². The fourth-order valence-corrected chi connectivity index (χ4v) is 10.4. The van der Waals surface area contributed by atoms with Crippen molar-refractivity contribution in [3.8, 4) is 67.1 Å². The Morgan fingerprint density at radius 1 is 0.360 bits per heavy atom. The summed E-state index contributed by atoms with van der Waals surface area (Å²) in [6, 6.07) is 90.5. The number of pyridine rings is 1. The van der Waals surface area contributed by atoms with E-state index in [2.05, 4.69) is 241 Å². The first-order valence-corrected chi connectivity index (χ1v) is 25.3. The van der Waals surface area contributed by atoms with Crippen LogP contribution in [0.3, 0.4) is 0 Å². The molecule has 3 heterocycles. The van der Waals surface area contributed by atoms with Gasteiger partial charge in [-0.05, 0) is 97.3 Å². The molecule has 0 unspecified atom stereocenters. The average molecular weight is 1140 g/mol. The fourth-order valence-electron chi connectivity index (χ4n) is 10.4. The molecule has 0 fully saturated rings. The first-order chi connectivity index (χ1) is 36.6. The van der Waals surface area contributed by atoms with Crippen LogP contribution in [0.1, 0.15) is 22.3 Å². The molecular formula is C69H48IrN5. The Morgan fingerprint density at radius 3 is 1.49 bits per heavy atom. The summed E-state index contributed by atoms with van der Waals surface area (Å²) in [7, 11) is 0. The number of fused-ring (bicyclic) bond motifs is 3. The standard InChI is InChI=1S/C69H48N5.Ir/c1-2-13-52(14-3-1)53-33-35-54(36-34-53)55-17-12-18-56(44-55)69-65-22-9-8-21-64(65)66(47-70-69)63-20-7-6-19-62(63)59-42-50(27-25-48-29-37-60(38-30-48)73-67-23-10-4-15-57(67)45-71-73)41-51(43-59)28-26-49-31-39-61(40-32-49)74-68-24-11-5-16-58(68)46-72-74;/h1-17,19-24,29-37,39,41-47H,25-28H2;/q-3;+3. The van der Waals surface area contributed by atoms with Gasteiger partial charge < -0.3 is 4.98 Å². The minimum atomic E-state index is 0. The molecule has 3 aromatic heterocycles. The maximum Gasteiger partial charge on any atom is 3.00 e. The van der Waals surface area contributed by atoms with Crippen molar-refractivity contribution in [2.45, 2.75) is 25.7 Å². The molecule has 75 heavy (non-hydrogen) atoms. The molecule has 6 heteroatoms. The second kappa shape index (κ2) is 21.0. The third kappa shape index (κ3) is 9.66. The number of benzene rings is 10. The van der Waals surface area contributed by atoms with Gasteiger partial charge in [0.1, 0.15) is 0 Å². The van der Waals surface area contributed by atoms with Crippen LogP contribution in [0.5, 0.6) is 0 Å². The van der Waals surface area contributed by atoms with Crippen LogP contribution in [0.4, 0.5) is 0 Å². The molecule has 0 saturated heterocycles. The van der Waals surface area contributed by atoms with Crippen LogP contribution >= 0.6 is 0 Å². The van der Waals surface area contributed by atoms with Gasteiger partial charge >= 0.3 is 20.1 Å². The van der Waals surface area contributed by atoms with Crippen molar-refractivity contribution in [1.29, 1.82) is 0 Å². The molecule has 5 nitrogen and oxygen atoms in total. The van der Waals surface area contributed by atoms with Crippen molar-refractivity contribution in [3.63, 3.8) is 0 Å². The quantitative estimate of drug-likeness (QED) is 0.108. The molecule has 358 valence electrons. The number of hydrogen-bond donors (Lipinski definition) is 0. The predicted molar refractivity (Wildman–Crippen MR) is 302 cm³/mol. The summed E-state index contributed by atoms with van der Waals surface area (Å²) in [5.74, 6) is 0. The molecule has 0 spiro atoms. The molecule has 0 atom stereocenters. The SMILES string of the molecule is [Ir+3].[c-]1ccc(-c2ccc(-c3ccccc3)cc2)cc1-c1ncc(-c2ccccc2-c2cc(CCc3c[c-]c(-n4ncc5ccccc54)cc3)cc(CCc3c[c-]c(-n4ncc5ccccc54)cc3)c2)c2ccccc12. The summed E-state index contributed by atoms with van der Waals surface area (Å²) in [6.07, 6.45) is 9.42. The molecule has 0 saturated carbocycles. The fraction of sp³-hybridized carbons (Fsp3) is 0.0580. The topological polar surface area (TPSA) is 48.5 Å². The number of hydrogen-bond acceptors (Lipinski definition) is 3. The molecule has 10 aromatic carbocycles. The zero-order chi connectivity index (χ0) is 49.2. The minimum Gasteiger partial charge on any atom is -0.303 e. The van der Waals surface area contributed by atoms with Gasteiger partial charge in [-0.15, -0.1) is 47.5 Å². The zero-order valence-electron chi connectivity index (χ0n) is 41.0. The van der Waals surface area contributed by atoms with Crippen LogP contribution in [-0.2, 0) is 45.8 Å². The van der Waals surface area contributed by atoms with Crippen LogP contribution in [0.25, 0.3) is 99.7 Å². The van der Waals surface area contributed by atoms with E-state index in [1.54, 1.807) is 0 Å². The third-order valence-electron chi connectivity index (χ3n) is 14.3. The first kappa shape index (κ1) is 47.2. The zero-order valence-corrected chi connectivity index (χ0v) is 43.4. The van der Waals surface area contributed by atoms with Gasteiger partial charge in [0.15, 0.2) is 0 Å². The molecule has 13 rings (SSSR count). The van der Waals surface area contributed by atoms with Crippen molar-refractivity contribution in [3.05, 3.63) is 283 Å². The molecule has 0 bridgehead atoms. The maximum absolute atomic E-state index is 5.26. The number of aryl methyl sites for hydroxylation is 4. The Bertz CT molecular complexity index is 3980. The van der Waals surface area contributed by atoms with Crippen molar-refractivity contribution in [2.75, 3.05) is 0 Å². The van der Waals surface area contributed by atoms with Crippen LogP contribution in [0, 0.1) is 18.2 Å². The Balaban J connectivity index is 0.00000569. The van der Waals surface area contributed by atoms with Crippen molar-refractivity contribution >= 4 is 32.6 Å². The minimum absolute atomic E-state index is 0. The van der Waals surface area contributed by atoms with Crippen molar-refractivity contribution in [1.82, 2.24) is 24.5 Å². The van der Waals surface area contributed by atoms with E-state index in [0.29, 0.717) is 0 Å². The molecule has 13 aromatic rings. The van der Waals surface area contributed by atoms with Crippen molar-refractivity contribution < 1.29 is 20.1 Å². The summed E-state index contributed by atoms with van der Waals surface area (Å²) in [5.41, 5.74) is 20.3. The molecule has 0 N–H and O–H groups in total. The third-order valence-corrected chi connectivity index (χ3v) is 14.3. The summed E-state index contributed by atoms with van der Waals surface area (Å²) in [6.45, 7) is 0. The largest absolute Gasteiger partial charge is 3.00 e. The second-order valence-electron chi connectivity index (χ2n) is 19.0. The van der Waals surface area contributed by atoms with Gasteiger partial charge in [0.25, 0.3) is 0 Å². The monoisotopic (exact) mass is 1140 g/mol. The predicted octanol–water partition coefficient (Wildman–Crippen LogP) is 16.2. The van der Waals surface area contributed by atoms with Gasteiger partial charge in [-0.2, -0.15) is 57.7 Å². The molecule has 0 aliphatic carbocycles. The van der Waals surface area contributed by atoms with Crippen LogP contribution in [0.15, 0.2) is 243 Å². The van der Waals surface area contributed by atoms with Crippen LogP contribution in [0.2, 0.25) is 0 Å². The summed E-state index contributed by atoms with van der Waals surface area (Å²) in [5, 5.41) is 13.8. The van der Waals surface area contributed by atoms with E-state index in [1.165, 1.54) is 44.5 Å². The summed E-state index contributed by atoms with van der Waals surface area (Å²) in [4.78, 5) is 5.26. The Kier molecular flexibility index (Phi) is 13.2. The van der Waals surface area contributed by atoms with Gasteiger partial charge in [-0.3, -0.25) is 9.36 Å². The van der Waals surface area contributed by atoms with Gasteiger partial charge in [-0.25, -0.2) is 0 Å². The van der Waals surface area contributed by atoms with E-state index in [4.69, 9.17) is 4.98 Å². The molecule has 0 radical (unpaired) electrons. The van der Waals surface area contributed by atoms with Gasteiger partial charge in [0.2, 0.25) is 0 Å². The number of para-hydroxylation sites is 2. The summed E-state index contributed by atoms with van der Waals surface area (Å²) >= 11 is 0. The first-order valence-electron chi connectivity index (χ1n) is 25.3. The Morgan fingerprint density at radius 2 is 0.880 bits per heavy atom. The van der Waals surface area contributed by atoms with E-state index in [0.717, 1.165) is 103 Å². The Hall–Kier alpha value is -8.80. The molecule has 0 aliphatic heterocycles. The maximum atomic E-state index is 5.26. The number of rotatable bonds is 13. The summed E-state index contributed by atoms with van der Waals surface area (Å²) < 4.78 is 3.93. The van der Waals surface area contributed by atoms with E-state index < -0.39 is 0 Å². The second-order valence-corrected chi connectivity index (χ2v) is 19.0. The normalized spacial score (nSPS) is 11.3. The van der Waals surface area contributed by atoms with Gasteiger partial charge in [-0.1, -0.05) is 171 Å². The smallest absolute Gasteiger partial charge is 0.303 e. The van der Waals surface area contributed by atoms with Gasteiger partial charge in [0.05, 0.1) is 23.4 Å². The van der Waals surface area contributed by atoms with E-state index in [9.17, 15) is 0 Å². The molecule has 0 aliphatic rings. The van der Waals surface area contributed by atoms with Crippen molar-refractivity contribution in [2.24, 2.45) is 0 Å². The number of nitrogens with zero attached hydrogens (tertiary/aromatic N) is 5. The van der Waals surface area contributed by atoms with Crippen LogP contribution < -0.4 is 0 Å². The Labute approximate surface area is 450 Å². The molecule has 0 amide bonds. The van der Waals surface area contributed by atoms with E-state index in [1.807, 2.05) is 40.0 Å². The van der Waals surface area contributed by atoms with Gasteiger partial charge in [0, 0.05) is 22.5 Å². The van der Waals surface area contributed by atoms with E-state index >= 15 is 0 Å². The number of aromatic nitrogens is 5. The average Bonchev–Trinajstić information content (AvgIpc) is 4.12. The van der Waals surface area contributed by atoms with Crippen LogP contribution in [-0.4, -0.2) is 24.5 Å².